The number of nitrogen functional groups attached to an aromatic ring is 1. The summed E-state index contributed by atoms with van der Waals surface area (Å²) in [4.78, 5) is 36.6. The second-order valence-electron chi connectivity index (χ2n) is 9.82. The number of amides is 3. The van der Waals surface area contributed by atoms with Gasteiger partial charge in [-0.25, -0.2) is 0 Å². The topological polar surface area (TPSA) is 113 Å². The van der Waals surface area contributed by atoms with E-state index in [9.17, 15) is 14.4 Å². The minimum atomic E-state index is -0.201. The molecule has 0 bridgehead atoms. The highest BCUT2D eigenvalue weighted by molar-refractivity contribution is 6.08. The fourth-order valence-corrected chi connectivity index (χ4v) is 4.28. The molecule has 0 atom stereocenters. The van der Waals surface area contributed by atoms with Gasteiger partial charge in [-0.1, -0.05) is 103 Å². The summed E-state index contributed by atoms with van der Waals surface area (Å²) in [7, 11) is 0. The molecule has 0 aromatic heterocycles. The predicted octanol–water partition coefficient (Wildman–Crippen LogP) is 6.88. The molecule has 0 aliphatic rings. The molecule has 7 heteroatoms. The predicted molar refractivity (Wildman–Crippen MR) is 174 cm³/mol. The second kappa shape index (κ2) is 15.3. The summed E-state index contributed by atoms with van der Waals surface area (Å²) in [6, 6.07) is 41.0. The van der Waals surface area contributed by atoms with Gasteiger partial charge in [-0.05, 0) is 53.9 Å². The van der Waals surface area contributed by atoms with Crippen LogP contribution in [0.2, 0.25) is 0 Å². The van der Waals surface area contributed by atoms with Crippen molar-refractivity contribution in [3.63, 3.8) is 0 Å². The normalized spacial score (nSPS) is 10.1. The van der Waals surface area contributed by atoms with Crippen molar-refractivity contribution in [3.8, 4) is 0 Å². The molecule has 43 heavy (non-hydrogen) atoms. The number of aryl methyl sites for hydroxylation is 1. The van der Waals surface area contributed by atoms with Crippen molar-refractivity contribution in [2.75, 3.05) is 21.7 Å². The Morgan fingerprint density at radius 3 is 1.47 bits per heavy atom. The molecule has 0 heterocycles. The average Bonchev–Trinajstić information content (AvgIpc) is 3.01. The Morgan fingerprint density at radius 1 is 0.512 bits per heavy atom. The molecule has 7 nitrogen and oxygen atoms in total. The van der Waals surface area contributed by atoms with Crippen molar-refractivity contribution in [1.82, 2.24) is 0 Å². The number of nitrogens with one attached hydrogen (secondary N) is 3. The molecule has 0 unspecified atom stereocenters. The lowest BCUT2D eigenvalue weighted by atomic mass is 10.1. The van der Waals surface area contributed by atoms with Gasteiger partial charge in [0.1, 0.15) is 0 Å². The summed E-state index contributed by atoms with van der Waals surface area (Å²) in [5.41, 5.74) is 11.6. The average molecular weight is 571 g/mol. The van der Waals surface area contributed by atoms with Crippen LogP contribution in [0.5, 0.6) is 0 Å². The number of hydrogen-bond acceptors (Lipinski definition) is 4. The van der Waals surface area contributed by atoms with Crippen LogP contribution in [0, 0.1) is 6.92 Å². The smallest absolute Gasteiger partial charge is 0.255 e. The summed E-state index contributed by atoms with van der Waals surface area (Å²) in [5.74, 6) is -0.393. The highest BCUT2D eigenvalue weighted by Crippen LogP contribution is 2.23. The summed E-state index contributed by atoms with van der Waals surface area (Å²) >= 11 is 0. The monoisotopic (exact) mass is 570 g/mol. The lowest BCUT2D eigenvalue weighted by Crippen LogP contribution is -2.18. The van der Waals surface area contributed by atoms with Crippen LogP contribution in [0.3, 0.4) is 0 Å². The van der Waals surface area contributed by atoms with E-state index >= 15 is 0 Å². The molecule has 0 fully saturated rings. The third-order valence-electron chi connectivity index (χ3n) is 6.49. The first-order valence-electron chi connectivity index (χ1n) is 13.9. The van der Waals surface area contributed by atoms with Gasteiger partial charge in [0.15, 0.2) is 0 Å². The molecular weight excluding hydrogens is 536 g/mol. The van der Waals surface area contributed by atoms with Crippen LogP contribution >= 0.6 is 0 Å². The van der Waals surface area contributed by atoms with Gasteiger partial charge in [0.2, 0.25) is 11.8 Å². The van der Waals surface area contributed by atoms with E-state index in [1.54, 1.807) is 30.3 Å². The number of hydrogen-bond donors (Lipinski definition) is 4. The number of benzene rings is 5. The highest BCUT2D eigenvalue weighted by Gasteiger charge is 2.13. The third kappa shape index (κ3) is 9.43. The first-order chi connectivity index (χ1) is 20.9. The number of rotatable bonds is 8. The Kier molecular flexibility index (Phi) is 10.8. The Hall–Kier alpha value is -5.69. The Bertz CT molecular complexity index is 1670. The number of carbonyl (C=O) groups excluding carboxylic acids is 3. The molecule has 5 N–H and O–H groups in total. The van der Waals surface area contributed by atoms with Crippen molar-refractivity contribution >= 4 is 40.5 Å². The zero-order chi connectivity index (χ0) is 30.4. The molecule has 0 aliphatic carbocycles. The molecule has 5 aromatic carbocycles. The summed E-state index contributed by atoms with van der Waals surface area (Å²) < 4.78 is 0. The molecule has 0 spiro atoms. The van der Waals surface area contributed by atoms with Gasteiger partial charge >= 0.3 is 0 Å². The van der Waals surface area contributed by atoms with Gasteiger partial charge < -0.3 is 21.7 Å². The lowest BCUT2D eigenvalue weighted by Gasteiger charge is -2.13. The first kappa shape index (κ1) is 30.3. The molecule has 0 aliphatic heterocycles. The summed E-state index contributed by atoms with van der Waals surface area (Å²) in [6.07, 6.45) is 0.635. The minimum absolute atomic E-state index is 0.0610. The lowest BCUT2D eigenvalue weighted by molar-refractivity contribution is -0.116. The largest absolute Gasteiger partial charge is 0.397 e. The van der Waals surface area contributed by atoms with Crippen LogP contribution in [0.1, 0.15) is 27.0 Å². The fourth-order valence-electron chi connectivity index (χ4n) is 4.28. The number of para-hydroxylation sites is 4. The van der Waals surface area contributed by atoms with E-state index in [0.717, 1.165) is 16.7 Å². The SMILES string of the molecule is Cc1ccccc1C(=O)Nc1ccccc1NC(=O)Cc1ccccc1.Nc1ccccc1NC(=O)Cc1ccccc1. The fraction of sp³-hybridized carbons (Fsp3) is 0.0833. The molecule has 0 radical (unpaired) electrons. The summed E-state index contributed by atoms with van der Waals surface area (Å²) in [5, 5.41) is 8.55. The zero-order valence-electron chi connectivity index (χ0n) is 23.9. The quantitative estimate of drug-likeness (QED) is 0.152. The van der Waals surface area contributed by atoms with E-state index in [-0.39, 0.29) is 24.1 Å². The minimum Gasteiger partial charge on any atom is -0.397 e. The molecule has 216 valence electrons. The van der Waals surface area contributed by atoms with Crippen molar-refractivity contribution < 1.29 is 14.4 Å². The Morgan fingerprint density at radius 2 is 0.930 bits per heavy atom. The van der Waals surface area contributed by atoms with Gasteiger partial charge in [-0.2, -0.15) is 0 Å². The maximum Gasteiger partial charge on any atom is 0.255 e. The molecule has 3 amide bonds. The van der Waals surface area contributed by atoms with Crippen LogP contribution in [-0.2, 0) is 22.4 Å². The maximum atomic E-state index is 12.5. The maximum absolute atomic E-state index is 12.5. The Balaban J connectivity index is 0.000000215. The molecule has 5 rings (SSSR count). The van der Waals surface area contributed by atoms with E-state index in [2.05, 4.69) is 16.0 Å². The Labute approximate surface area is 251 Å². The van der Waals surface area contributed by atoms with E-state index in [1.807, 2.05) is 110 Å². The van der Waals surface area contributed by atoms with Gasteiger partial charge in [0, 0.05) is 5.56 Å². The van der Waals surface area contributed by atoms with E-state index < -0.39 is 0 Å². The van der Waals surface area contributed by atoms with Crippen molar-refractivity contribution in [1.29, 1.82) is 0 Å². The van der Waals surface area contributed by atoms with Gasteiger partial charge in [-0.3, -0.25) is 14.4 Å². The van der Waals surface area contributed by atoms with Crippen LogP contribution in [-0.4, -0.2) is 17.7 Å². The van der Waals surface area contributed by atoms with Crippen LogP contribution in [0.4, 0.5) is 22.7 Å². The van der Waals surface area contributed by atoms with E-state index in [1.165, 1.54) is 0 Å². The van der Waals surface area contributed by atoms with E-state index in [0.29, 0.717) is 34.7 Å². The first-order valence-corrected chi connectivity index (χ1v) is 13.9. The second-order valence-corrected chi connectivity index (χ2v) is 9.82. The number of nitrogens with two attached hydrogens (primary N) is 1. The van der Waals surface area contributed by atoms with Crippen LogP contribution in [0.15, 0.2) is 133 Å². The van der Waals surface area contributed by atoms with Crippen molar-refractivity contribution in [2.24, 2.45) is 0 Å². The summed E-state index contributed by atoms with van der Waals surface area (Å²) in [6.45, 7) is 1.89. The molecule has 0 saturated carbocycles. The van der Waals surface area contributed by atoms with Gasteiger partial charge in [0.05, 0.1) is 35.6 Å². The molecule has 0 saturated heterocycles. The van der Waals surface area contributed by atoms with E-state index in [4.69, 9.17) is 5.73 Å². The molecule has 5 aromatic rings. The van der Waals surface area contributed by atoms with Gasteiger partial charge in [-0.15, -0.1) is 0 Å². The van der Waals surface area contributed by atoms with Crippen molar-refractivity contribution in [3.05, 3.63) is 156 Å². The zero-order valence-corrected chi connectivity index (χ0v) is 23.9. The number of carbonyl (C=O) groups is 3. The highest BCUT2D eigenvalue weighted by atomic mass is 16.2. The molecular formula is C36H34N4O3. The van der Waals surface area contributed by atoms with Crippen molar-refractivity contribution in [2.45, 2.75) is 19.8 Å². The van der Waals surface area contributed by atoms with Gasteiger partial charge in [0.25, 0.3) is 5.91 Å². The third-order valence-corrected chi connectivity index (χ3v) is 6.49. The number of anilines is 4. The van der Waals surface area contributed by atoms with Crippen LogP contribution in [0.25, 0.3) is 0 Å². The van der Waals surface area contributed by atoms with Crippen LogP contribution < -0.4 is 21.7 Å². The standard InChI is InChI=1S/C22H20N2O2.C14H14N2O/c1-16-9-5-6-12-18(16)22(26)24-20-14-8-7-13-19(20)23-21(25)15-17-10-3-2-4-11-17;15-12-8-4-5-9-13(12)16-14(17)10-11-6-2-1-3-7-11/h2-14H,15H2,1H3,(H,23,25)(H,24,26);1-9H,10,15H2,(H,16,17).